The fourth-order valence-corrected chi connectivity index (χ4v) is 1.13. The van der Waals surface area contributed by atoms with Gasteiger partial charge in [0, 0.05) is 16.7 Å². The van der Waals surface area contributed by atoms with Gasteiger partial charge in [-0.1, -0.05) is 36.4 Å². The van der Waals surface area contributed by atoms with Gasteiger partial charge in [-0.05, 0) is 19.3 Å². The van der Waals surface area contributed by atoms with Crippen molar-refractivity contribution in [3.8, 4) is 0 Å². The Kier molecular flexibility index (Phi) is 6.38. The second kappa shape index (κ2) is 6.13. The second-order valence-corrected chi connectivity index (χ2v) is 3.98. The number of nitrogens with zero attached hydrogens (tertiary/aromatic N) is 1. The van der Waals surface area contributed by atoms with Crippen molar-refractivity contribution in [1.82, 2.24) is 0 Å². The molecule has 60 valence electrons. The molecule has 0 aliphatic carbocycles. The maximum absolute atomic E-state index is 4.39. The third-order valence-corrected chi connectivity index (χ3v) is 1.65. The Bertz CT molecular complexity index is 108. The monoisotopic (exact) mass is 253 g/mol. The molecule has 0 bridgehead atoms. The van der Waals surface area contributed by atoms with Crippen molar-refractivity contribution in [2.24, 2.45) is 10.9 Å². The molecule has 0 aromatic rings. The fraction of sp³-hybridized carbons (Fsp3) is 0.875. The van der Waals surface area contributed by atoms with Crippen LogP contribution in [0.1, 0.15) is 27.2 Å². The summed E-state index contributed by atoms with van der Waals surface area (Å²) in [6, 6.07) is 0. The average Bonchev–Trinajstić information content (AvgIpc) is 1.82. The maximum atomic E-state index is 4.39. The number of rotatable bonds is 4. The van der Waals surface area contributed by atoms with Crippen LogP contribution in [-0.2, 0) is 0 Å². The van der Waals surface area contributed by atoms with Crippen LogP contribution in [0.5, 0.6) is 0 Å². The van der Waals surface area contributed by atoms with E-state index in [1.54, 1.807) is 0 Å². The van der Waals surface area contributed by atoms with Crippen LogP contribution in [0, 0.1) is 5.92 Å². The van der Waals surface area contributed by atoms with Gasteiger partial charge in [-0.25, -0.2) is 0 Å². The van der Waals surface area contributed by atoms with Crippen molar-refractivity contribution in [3.05, 3.63) is 0 Å². The summed E-state index contributed by atoms with van der Waals surface area (Å²) in [4.78, 5) is 4.39. The third-order valence-electron chi connectivity index (χ3n) is 1.17. The lowest BCUT2D eigenvalue weighted by atomic mass is 10.1. The van der Waals surface area contributed by atoms with Crippen molar-refractivity contribution in [1.29, 1.82) is 0 Å². The largest absolute Gasteiger partial charge is 0.294 e. The lowest BCUT2D eigenvalue weighted by Crippen LogP contribution is -1.99. The lowest BCUT2D eigenvalue weighted by molar-refractivity contribution is 0.681. The zero-order valence-electron chi connectivity index (χ0n) is 7.02. The topological polar surface area (TPSA) is 12.4 Å². The first kappa shape index (κ1) is 10.4. The summed E-state index contributed by atoms with van der Waals surface area (Å²) < 4.78 is 1.13. The van der Waals surface area contributed by atoms with Gasteiger partial charge in [0.1, 0.15) is 0 Å². The van der Waals surface area contributed by atoms with Crippen molar-refractivity contribution in [2.45, 2.75) is 27.2 Å². The van der Waals surface area contributed by atoms with Gasteiger partial charge in [-0.15, -0.1) is 0 Å². The molecule has 0 unspecified atom stereocenters. The van der Waals surface area contributed by atoms with E-state index < -0.39 is 0 Å². The molecule has 0 aromatic heterocycles. The molecule has 0 rings (SSSR count). The summed E-state index contributed by atoms with van der Waals surface area (Å²) in [5, 5.41) is 0. The van der Waals surface area contributed by atoms with E-state index in [9.17, 15) is 0 Å². The van der Waals surface area contributed by atoms with Gasteiger partial charge in [-0.3, -0.25) is 4.99 Å². The van der Waals surface area contributed by atoms with E-state index in [0.29, 0.717) is 0 Å². The zero-order chi connectivity index (χ0) is 7.98. The van der Waals surface area contributed by atoms with E-state index in [4.69, 9.17) is 0 Å². The number of alkyl halides is 1. The minimum Gasteiger partial charge on any atom is -0.294 e. The summed E-state index contributed by atoms with van der Waals surface area (Å²) in [7, 11) is 0. The Morgan fingerprint density at radius 1 is 1.50 bits per heavy atom. The molecule has 0 aromatic carbocycles. The van der Waals surface area contributed by atoms with Crippen molar-refractivity contribution >= 4 is 28.3 Å². The first-order valence-electron chi connectivity index (χ1n) is 3.72. The lowest BCUT2D eigenvalue weighted by Gasteiger charge is -2.02. The molecular formula is C8H16IN. The van der Waals surface area contributed by atoms with Crippen LogP contribution in [0.2, 0.25) is 0 Å². The molecule has 10 heavy (non-hydrogen) atoms. The van der Waals surface area contributed by atoms with Gasteiger partial charge in [-0.2, -0.15) is 0 Å². The van der Waals surface area contributed by atoms with Crippen LogP contribution < -0.4 is 0 Å². The number of hydrogen-bond donors (Lipinski definition) is 0. The smallest absolute Gasteiger partial charge is 0.0478 e. The molecule has 0 N–H and O–H groups in total. The normalized spacial score (nSPS) is 12.7. The minimum absolute atomic E-state index is 0.748. The number of aliphatic imine (C=N–C) groups is 1. The van der Waals surface area contributed by atoms with Crippen LogP contribution in [-0.4, -0.2) is 16.7 Å². The highest BCUT2D eigenvalue weighted by molar-refractivity contribution is 14.1. The van der Waals surface area contributed by atoms with Crippen LogP contribution in [0.3, 0.4) is 0 Å². The average molecular weight is 253 g/mol. The Morgan fingerprint density at radius 2 is 2.10 bits per heavy atom. The quantitative estimate of drug-likeness (QED) is 0.415. The van der Waals surface area contributed by atoms with E-state index >= 15 is 0 Å². The van der Waals surface area contributed by atoms with Crippen molar-refractivity contribution in [2.75, 3.05) is 11.0 Å². The first-order valence-corrected chi connectivity index (χ1v) is 5.25. The number of halogens is 1. The first-order chi connectivity index (χ1) is 4.66. The third kappa shape index (κ3) is 6.52. The van der Waals surface area contributed by atoms with Crippen LogP contribution >= 0.6 is 22.6 Å². The minimum atomic E-state index is 0.748. The molecule has 0 atom stereocenters. The molecule has 0 aliphatic heterocycles. The van der Waals surface area contributed by atoms with E-state index in [1.807, 2.05) is 0 Å². The summed E-state index contributed by atoms with van der Waals surface area (Å²) in [6.07, 6.45) is 1.15. The Hall–Kier alpha value is 0.400. The van der Waals surface area contributed by atoms with Crippen LogP contribution in [0.4, 0.5) is 0 Å². The predicted molar refractivity (Wildman–Crippen MR) is 56.3 cm³/mol. The summed E-state index contributed by atoms with van der Waals surface area (Å²) in [6.45, 7) is 7.55. The van der Waals surface area contributed by atoms with Gasteiger partial charge >= 0.3 is 0 Å². The number of hydrogen-bond acceptors (Lipinski definition) is 1. The Labute approximate surface area is 77.5 Å². The molecule has 0 heterocycles. The highest BCUT2D eigenvalue weighted by Crippen LogP contribution is 2.01. The highest BCUT2D eigenvalue weighted by atomic mass is 127. The van der Waals surface area contributed by atoms with Gasteiger partial charge < -0.3 is 0 Å². The Balaban J connectivity index is 3.49. The second-order valence-electron chi connectivity index (χ2n) is 2.90. The van der Waals surface area contributed by atoms with E-state index in [-0.39, 0.29) is 0 Å². The molecule has 0 saturated heterocycles. The molecule has 0 radical (unpaired) electrons. The molecule has 2 heteroatoms. The SMILES string of the molecule is CC(CC(C)C)=NCCI. The summed E-state index contributed by atoms with van der Waals surface area (Å²) in [5.74, 6) is 0.748. The maximum Gasteiger partial charge on any atom is 0.0478 e. The fourth-order valence-electron chi connectivity index (χ4n) is 0.888. The molecule has 0 fully saturated rings. The zero-order valence-corrected chi connectivity index (χ0v) is 9.18. The van der Waals surface area contributed by atoms with Crippen molar-refractivity contribution in [3.63, 3.8) is 0 Å². The van der Waals surface area contributed by atoms with E-state index in [2.05, 4.69) is 48.4 Å². The van der Waals surface area contributed by atoms with Crippen LogP contribution in [0.25, 0.3) is 0 Å². The van der Waals surface area contributed by atoms with Gasteiger partial charge in [0.25, 0.3) is 0 Å². The van der Waals surface area contributed by atoms with Crippen molar-refractivity contribution < 1.29 is 0 Å². The standard InChI is InChI=1S/C8H16IN/c1-7(2)6-8(3)10-5-4-9/h7H,4-6H2,1-3H3. The Morgan fingerprint density at radius 3 is 2.50 bits per heavy atom. The molecule has 0 saturated carbocycles. The highest BCUT2D eigenvalue weighted by Gasteiger charge is 1.95. The molecular weight excluding hydrogens is 237 g/mol. The van der Waals surface area contributed by atoms with Gasteiger partial charge in [0.05, 0.1) is 0 Å². The summed E-state index contributed by atoms with van der Waals surface area (Å²) in [5.41, 5.74) is 1.30. The van der Waals surface area contributed by atoms with E-state index in [0.717, 1.165) is 23.3 Å². The van der Waals surface area contributed by atoms with Gasteiger partial charge in [0.2, 0.25) is 0 Å². The molecule has 1 nitrogen and oxygen atoms in total. The van der Waals surface area contributed by atoms with E-state index in [1.165, 1.54) is 5.71 Å². The summed E-state index contributed by atoms with van der Waals surface area (Å²) >= 11 is 2.35. The predicted octanol–water partition coefficient (Wildman–Crippen LogP) is 2.93. The van der Waals surface area contributed by atoms with Gasteiger partial charge in [0.15, 0.2) is 0 Å². The molecule has 0 spiro atoms. The molecule has 0 amide bonds. The van der Waals surface area contributed by atoms with Crippen LogP contribution in [0.15, 0.2) is 4.99 Å². The molecule has 0 aliphatic rings.